The van der Waals surface area contributed by atoms with Gasteiger partial charge in [-0.25, -0.2) is 9.79 Å². The van der Waals surface area contributed by atoms with Crippen molar-refractivity contribution in [2.45, 2.75) is 6.92 Å². The number of hydrogen-bond donors (Lipinski definition) is 2. The predicted molar refractivity (Wildman–Crippen MR) is 119 cm³/mol. The van der Waals surface area contributed by atoms with E-state index in [0.29, 0.717) is 22.1 Å². The summed E-state index contributed by atoms with van der Waals surface area (Å²) in [5.74, 6) is -3.24. The second kappa shape index (κ2) is 8.31. The minimum absolute atomic E-state index is 0.0620. The molecule has 2 aliphatic heterocycles. The van der Waals surface area contributed by atoms with Crippen LogP contribution in [0.1, 0.15) is 22.8 Å². The second-order valence-corrected chi connectivity index (χ2v) is 7.89. The SMILES string of the molecule is CCN1C(=O)/C(=C2/C(=O)N(CC(=O)O)c3ccccc32)SC1=Nc1cccc(C(=O)O)c1. The van der Waals surface area contributed by atoms with Gasteiger partial charge in [0.25, 0.3) is 11.8 Å². The van der Waals surface area contributed by atoms with E-state index in [2.05, 4.69) is 4.99 Å². The van der Waals surface area contributed by atoms with E-state index in [1.807, 2.05) is 0 Å². The molecule has 2 heterocycles. The molecule has 0 unspecified atom stereocenters. The van der Waals surface area contributed by atoms with Crippen LogP contribution in [0.2, 0.25) is 0 Å². The molecule has 162 valence electrons. The molecule has 2 N–H and O–H groups in total. The number of carboxylic acid groups (broad SMARTS) is 2. The first-order valence-electron chi connectivity index (χ1n) is 9.61. The summed E-state index contributed by atoms with van der Waals surface area (Å²) in [5, 5.41) is 18.7. The predicted octanol–water partition coefficient (Wildman–Crippen LogP) is 2.81. The molecule has 32 heavy (non-hydrogen) atoms. The maximum atomic E-state index is 13.2. The number of anilines is 1. The van der Waals surface area contributed by atoms with Crippen LogP contribution in [0.15, 0.2) is 58.4 Å². The summed E-state index contributed by atoms with van der Waals surface area (Å²) in [7, 11) is 0. The van der Waals surface area contributed by atoms with Gasteiger partial charge in [-0.15, -0.1) is 0 Å². The van der Waals surface area contributed by atoms with Crippen molar-refractivity contribution >= 4 is 57.6 Å². The Morgan fingerprint density at radius 2 is 1.75 bits per heavy atom. The van der Waals surface area contributed by atoms with Crippen LogP contribution in [0, 0.1) is 0 Å². The van der Waals surface area contributed by atoms with Gasteiger partial charge in [0, 0.05) is 12.1 Å². The van der Waals surface area contributed by atoms with Crippen molar-refractivity contribution in [1.29, 1.82) is 0 Å². The van der Waals surface area contributed by atoms with Crippen LogP contribution >= 0.6 is 11.8 Å². The lowest BCUT2D eigenvalue weighted by Gasteiger charge is -2.13. The number of thioether (sulfide) groups is 1. The number of aliphatic imine (C=N–C) groups is 1. The number of aliphatic carboxylic acids is 1. The monoisotopic (exact) mass is 451 g/mol. The molecule has 0 aliphatic carbocycles. The number of amides is 2. The van der Waals surface area contributed by atoms with Crippen LogP contribution in [0.3, 0.4) is 0 Å². The molecule has 0 spiro atoms. The van der Waals surface area contributed by atoms with Gasteiger partial charge in [0.1, 0.15) is 6.54 Å². The average Bonchev–Trinajstić information content (AvgIpc) is 3.21. The molecule has 0 atom stereocenters. The number of rotatable bonds is 5. The van der Waals surface area contributed by atoms with Crippen molar-refractivity contribution in [3.8, 4) is 0 Å². The summed E-state index contributed by atoms with van der Waals surface area (Å²) in [6.45, 7) is 1.52. The van der Waals surface area contributed by atoms with Crippen LogP contribution in [-0.2, 0) is 14.4 Å². The van der Waals surface area contributed by atoms with Gasteiger partial charge in [-0.3, -0.25) is 24.2 Å². The zero-order valence-corrected chi connectivity index (χ0v) is 17.6. The fraction of sp³-hybridized carbons (Fsp3) is 0.136. The van der Waals surface area contributed by atoms with Crippen molar-refractivity contribution in [1.82, 2.24) is 4.90 Å². The number of likely N-dealkylation sites (N-methyl/N-ethyl adjacent to an activating group) is 1. The van der Waals surface area contributed by atoms with E-state index in [4.69, 9.17) is 0 Å². The van der Waals surface area contributed by atoms with E-state index in [9.17, 15) is 29.4 Å². The Labute approximate surface area is 186 Å². The fourth-order valence-electron chi connectivity index (χ4n) is 3.53. The van der Waals surface area contributed by atoms with Gasteiger partial charge < -0.3 is 10.2 Å². The van der Waals surface area contributed by atoms with E-state index in [1.165, 1.54) is 17.0 Å². The highest BCUT2D eigenvalue weighted by molar-refractivity contribution is 8.18. The molecular weight excluding hydrogens is 434 g/mol. The molecule has 9 nitrogen and oxygen atoms in total. The number of amidine groups is 1. The van der Waals surface area contributed by atoms with Gasteiger partial charge in [-0.2, -0.15) is 0 Å². The molecule has 0 bridgehead atoms. The van der Waals surface area contributed by atoms with E-state index in [1.54, 1.807) is 43.3 Å². The minimum Gasteiger partial charge on any atom is -0.480 e. The number of carbonyl (C=O) groups excluding carboxylic acids is 2. The number of nitrogens with zero attached hydrogens (tertiary/aromatic N) is 3. The molecule has 1 saturated heterocycles. The van der Waals surface area contributed by atoms with Crippen molar-refractivity contribution < 1.29 is 29.4 Å². The first-order valence-corrected chi connectivity index (χ1v) is 10.4. The van der Waals surface area contributed by atoms with Gasteiger partial charge in [-0.05, 0) is 43.0 Å². The Balaban J connectivity index is 1.80. The van der Waals surface area contributed by atoms with Gasteiger partial charge in [0.15, 0.2) is 5.17 Å². The lowest BCUT2D eigenvalue weighted by molar-refractivity contribution is -0.136. The first-order chi connectivity index (χ1) is 15.3. The second-order valence-electron chi connectivity index (χ2n) is 6.91. The maximum absolute atomic E-state index is 13.2. The summed E-state index contributed by atoms with van der Waals surface area (Å²) in [5.41, 5.74) is 1.47. The van der Waals surface area contributed by atoms with Gasteiger partial charge in [-0.1, -0.05) is 24.3 Å². The van der Waals surface area contributed by atoms with Gasteiger partial charge >= 0.3 is 11.9 Å². The van der Waals surface area contributed by atoms with E-state index in [-0.39, 0.29) is 22.6 Å². The zero-order chi connectivity index (χ0) is 23.0. The maximum Gasteiger partial charge on any atom is 0.335 e. The van der Waals surface area contributed by atoms with E-state index >= 15 is 0 Å². The summed E-state index contributed by atoms with van der Waals surface area (Å²) < 4.78 is 0. The van der Waals surface area contributed by atoms with Crippen molar-refractivity contribution in [2.75, 3.05) is 18.0 Å². The number of carbonyl (C=O) groups is 4. The zero-order valence-electron chi connectivity index (χ0n) is 16.8. The third kappa shape index (κ3) is 3.65. The Morgan fingerprint density at radius 1 is 1.00 bits per heavy atom. The lowest BCUT2D eigenvalue weighted by Crippen LogP contribution is -2.33. The van der Waals surface area contributed by atoms with Gasteiger partial charge in [0.2, 0.25) is 0 Å². The van der Waals surface area contributed by atoms with Crippen LogP contribution in [0.25, 0.3) is 5.57 Å². The molecule has 2 aliphatic rings. The Bertz CT molecular complexity index is 1240. The number of fused-ring (bicyclic) bond motifs is 1. The molecule has 0 saturated carbocycles. The molecule has 2 aromatic rings. The molecule has 1 fully saturated rings. The summed E-state index contributed by atoms with van der Waals surface area (Å²) in [4.78, 5) is 55.9. The third-order valence-electron chi connectivity index (χ3n) is 4.94. The minimum atomic E-state index is -1.17. The standard InChI is InChI=1S/C22H17N3O6S/c1-2-24-20(29)18(32-22(24)23-13-7-5-6-12(10-13)21(30)31)17-14-8-3-4-9-15(14)25(19(17)28)11-16(26)27/h3-10H,2,11H2,1H3,(H,26,27)(H,30,31)/b18-17-,23-22?. The molecule has 0 aromatic heterocycles. The summed E-state index contributed by atoms with van der Waals surface area (Å²) >= 11 is 1.01. The van der Waals surface area contributed by atoms with Crippen molar-refractivity contribution in [3.63, 3.8) is 0 Å². The molecule has 2 aromatic carbocycles. The molecule has 10 heteroatoms. The number of para-hydroxylation sites is 1. The number of aromatic carboxylic acids is 1. The highest BCUT2D eigenvalue weighted by atomic mass is 32.2. The van der Waals surface area contributed by atoms with Crippen LogP contribution in [0.4, 0.5) is 11.4 Å². The number of benzene rings is 2. The summed E-state index contributed by atoms with van der Waals surface area (Å²) in [6, 6.07) is 12.7. The van der Waals surface area contributed by atoms with Crippen LogP contribution in [-0.4, -0.2) is 57.1 Å². The third-order valence-corrected chi connectivity index (χ3v) is 6.02. The van der Waals surface area contributed by atoms with Crippen molar-refractivity contribution in [2.24, 2.45) is 4.99 Å². The number of carboxylic acids is 2. The molecule has 0 radical (unpaired) electrons. The fourth-order valence-corrected chi connectivity index (χ4v) is 4.68. The number of hydrogen-bond acceptors (Lipinski definition) is 6. The normalized spacial score (nSPS) is 19.1. The Kier molecular flexibility index (Phi) is 5.54. The quantitative estimate of drug-likeness (QED) is 0.669. The Morgan fingerprint density at radius 3 is 2.44 bits per heavy atom. The first kappa shape index (κ1) is 21.3. The van der Waals surface area contributed by atoms with Gasteiger partial charge in [0.05, 0.1) is 27.4 Å². The van der Waals surface area contributed by atoms with Crippen LogP contribution < -0.4 is 4.90 Å². The van der Waals surface area contributed by atoms with Crippen molar-refractivity contribution in [3.05, 3.63) is 64.6 Å². The average molecular weight is 451 g/mol. The summed E-state index contributed by atoms with van der Waals surface area (Å²) in [6.07, 6.45) is 0. The lowest BCUT2D eigenvalue weighted by atomic mass is 10.1. The highest BCUT2D eigenvalue weighted by Gasteiger charge is 2.42. The topological polar surface area (TPSA) is 128 Å². The van der Waals surface area contributed by atoms with E-state index < -0.39 is 30.3 Å². The molecule has 4 rings (SSSR count). The van der Waals surface area contributed by atoms with Crippen LogP contribution in [0.5, 0.6) is 0 Å². The molecular formula is C22H17N3O6S. The smallest absolute Gasteiger partial charge is 0.335 e. The Hall–Kier alpha value is -3.92. The highest BCUT2D eigenvalue weighted by Crippen LogP contribution is 2.44. The largest absolute Gasteiger partial charge is 0.480 e. The van der Waals surface area contributed by atoms with E-state index in [0.717, 1.165) is 16.7 Å². The molecule has 2 amide bonds.